The summed E-state index contributed by atoms with van der Waals surface area (Å²) in [6.07, 6.45) is 1.87. The number of carbonyl (C=O) groups is 4. The smallest absolute Gasteiger partial charge is 0.338 e. The van der Waals surface area contributed by atoms with Crippen molar-refractivity contribution in [2.24, 2.45) is 0 Å². The van der Waals surface area contributed by atoms with Gasteiger partial charge in [0.25, 0.3) is 0 Å². The number of esters is 1. The topological polar surface area (TPSA) is 102 Å². The summed E-state index contributed by atoms with van der Waals surface area (Å²) >= 11 is 0. The second-order valence-corrected chi connectivity index (χ2v) is 5.77. The summed E-state index contributed by atoms with van der Waals surface area (Å²) in [4.78, 5) is 46.6. The van der Waals surface area contributed by atoms with Gasteiger partial charge in [0.05, 0.1) is 5.56 Å². The second-order valence-electron chi connectivity index (χ2n) is 5.77. The van der Waals surface area contributed by atoms with E-state index in [2.05, 4.69) is 10.6 Å². The third kappa shape index (κ3) is 4.91. The van der Waals surface area contributed by atoms with E-state index in [1.807, 2.05) is 0 Å². The number of nitrogens with one attached hydrogen (secondary N) is 2. The van der Waals surface area contributed by atoms with Crippen molar-refractivity contribution >= 4 is 34.9 Å². The van der Waals surface area contributed by atoms with E-state index in [0.717, 1.165) is 12.8 Å². The number of benzene rings is 1. The van der Waals surface area contributed by atoms with Gasteiger partial charge >= 0.3 is 5.97 Å². The highest BCUT2D eigenvalue weighted by Gasteiger charge is 2.26. The third-order valence-electron chi connectivity index (χ3n) is 3.56. The molecule has 0 radical (unpaired) electrons. The van der Waals surface area contributed by atoms with Crippen LogP contribution in [-0.4, -0.2) is 29.7 Å². The summed E-state index contributed by atoms with van der Waals surface area (Å²) in [7, 11) is 0. The first-order chi connectivity index (χ1) is 11.3. The monoisotopic (exact) mass is 332 g/mol. The Morgan fingerprint density at radius 2 is 1.58 bits per heavy atom. The number of hydrogen-bond acceptors (Lipinski definition) is 5. The molecule has 0 aromatic heterocycles. The van der Waals surface area contributed by atoms with Gasteiger partial charge in [-0.1, -0.05) is 0 Å². The first kappa shape index (κ1) is 17.7. The minimum absolute atomic E-state index is 0.0744. The van der Waals surface area contributed by atoms with E-state index in [1.165, 1.54) is 32.0 Å². The molecule has 2 rings (SSSR count). The van der Waals surface area contributed by atoms with E-state index >= 15 is 0 Å². The van der Waals surface area contributed by atoms with Gasteiger partial charge < -0.3 is 15.4 Å². The summed E-state index contributed by atoms with van der Waals surface area (Å²) < 4.78 is 5.30. The average Bonchev–Trinajstić information content (AvgIpc) is 2.48. The Morgan fingerprint density at radius 3 is 2.08 bits per heavy atom. The maximum absolute atomic E-state index is 12.3. The molecule has 128 valence electrons. The van der Waals surface area contributed by atoms with Gasteiger partial charge in [-0.3, -0.25) is 14.4 Å². The van der Waals surface area contributed by atoms with Crippen LogP contribution in [0, 0.1) is 0 Å². The van der Waals surface area contributed by atoms with E-state index in [9.17, 15) is 19.2 Å². The number of ether oxygens (including phenoxy) is 1. The Bertz CT molecular complexity index is 649. The Hall–Kier alpha value is -2.70. The van der Waals surface area contributed by atoms with Gasteiger partial charge in [-0.05, 0) is 37.5 Å². The number of rotatable bonds is 4. The molecule has 24 heavy (non-hydrogen) atoms. The molecule has 1 aromatic rings. The molecule has 0 spiro atoms. The largest absolute Gasteiger partial charge is 0.451 e. The molecule has 2 amide bonds. The third-order valence-corrected chi connectivity index (χ3v) is 3.56. The lowest BCUT2D eigenvalue weighted by atomic mass is 9.96. The fourth-order valence-electron chi connectivity index (χ4n) is 2.57. The molecule has 7 nitrogen and oxygen atoms in total. The van der Waals surface area contributed by atoms with Crippen molar-refractivity contribution in [1.82, 2.24) is 0 Å². The van der Waals surface area contributed by atoms with Gasteiger partial charge in [0.1, 0.15) is 0 Å². The van der Waals surface area contributed by atoms with Crippen molar-refractivity contribution in [3.8, 4) is 0 Å². The molecule has 1 aliphatic rings. The zero-order chi connectivity index (χ0) is 17.7. The lowest BCUT2D eigenvalue weighted by Gasteiger charge is -2.21. The van der Waals surface area contributed by atoms with Crippen LogP contribution in [0.15, 0.2) is 18.2 Å². The van der Waals surface area contributed by atoms with Crippen LogP contribution in [0.1, 0.15) is 49.9 Å². The molecule has 0 saturated heterocycles. The summed E-state index contributed by atoms with van der Waals surface area (Å²) in [5.74, 6) is -1.35. The highest BCUT2D eigenvalue weighted by Crippen LogP contribution is 2.23. The number of amides is 2. The van der Waals surface area contributed by atoms with Crippen molar-refractivity contribution in [3.63, 3.8) is 0 Å². The summed E-state index contributed by atoms with van der Waals surface area (Å²) in [6, 6.07) is 4.43. The quantitative estimate of drug-likeness (QED) is 0.824. The highest BCUT2D eigenvalue weighted by molar-refractivity contribution is 5.98. The minimum atomic E-state index is -0.722. The van der Waals surface area contributed by atoms with Crippen LogP contribution in [0.4, 0.5) is 11.4 Å². The maximum Gasteiger partial charge on any atom is 0.338 e. The predicted octanol–water partition coefficient (Wildman–Crippen LogP) is 2.27. The van der Waals surface area contributed by atoms with Crippen molar-refractivity contribution in [2.45, 2.75) is 45.6 Å². The fourth-order valence-corrected chi connectivity index (χ4v) is 2.57. The van der Waals surface area contributed by atoms with E-state index in [1.54, 1.807) is 0 Å². The molecule has 1 atom stereocenters. The van der Waals surface area contributed by atoms with Crippen molar-refractivity contribution in [3.05, 3.63) is 23.8 Å². The molecule has 1 fully saturated rings. The van der Waals surface area contributed by atoms with Crippen LogP contribution in [0.2, 0.25) is 0 Å². The molecular formula is C17H20N2O5. The fraction of sp³-hybridized carbons (Fsp3) is 0.412. The Labute approximate surface area is 139 Å². The van der Waals surface area contributed by atoms with Crippen molar-refractivity contribution in [1.29, 1.82) is 0 Å². The molecular weight excluding hydrogens is 312 g/mol. The molecule has 2 N–H and O–H groups in total. The van der Waals surface area contributed by atoms with Gasteiger partial charge in [-0.2, -0.15) is 0 Å². The van der Waals surface area contributed by atoms with Crippen molar-refractivity contribution < 1.29 is 23.9 Å². The Balaban J connectivity index is 2.22. The second kappa shape index (κ2) is 7.72. The van der Waals surface area contributed by atoms with E-state index in [-0.39, 0.29) is 23.2 Å². The summed E-state index contributed by atoms with van der Waals surface area (Å²) in [6.45, 7) is 2.67. The minimum Gasteiger partial charge on any atom is -0.451 e. The molecule has 0 aliphatic heterocycles. The van der Waals surface area contributed by atoms with Crippen LogP contribution in [0.3, 0.4) is 0 Å². The summed E-state index contributed by atoms with van der Waals surface area (Å²) in [5.41, 5.74) is 0.870. The molecule has 0 heterocycles. The summed E-state index contributed by atoms with van der Waals surface area (Å²) in [5, 5.41) is 5.12. The first-order valence-electron chi connectivity index (χ1n) is 7.79. The normalized spacial score (nSPS) is 17.1. The maximum atomic E-state index is 12.3. The van der Waals surface area contributed by atoms with Gasteiger partial charge in [0.15, 0.2) is 11.9 Å². The number of carbonyl (C=O) groups excluding carboxylic acids is 4. The van der Waals surface area contributed by atoms with Crippen LogP contribution in [-0.2, 0) is 19.1 Å². The standard InChI is InChI=1S/C17H20N2O5/c1-10(20)18-13-7-12(8-14(9-13)19-11(2)21)17(23)24-16-6-4-3-5-15(16)22/h7-9,16H,3-6H2,1-2H3,(H,18,20)(H,19,21)/t16-/m0/s1. The lowest BCUT2D eigenvalue weighted by Crippen LogP contribution is -2.30. The van der Waals surface area contributed by atoms with Crippen LogP contribution < -0.4 is 10.6 Å². The Morgan fingerprint density at radius 1 is 1.00 bits per heavy atom. The van der Waals surface area contributed by atoms with Crippen LogP contribution in [0.25, 0.3) is 0 Å². The molecule has 1 aliphatic carbocycles. The van der Waals surface area contributed by atoms with Crippen molar-refractivity contribution in [2.75, 3.05) is 10.6 Å². The van der Waals surface area contributed by atoms with E-state index in [0.29, 0.717) is 24.2 Å². The first-order valence-corrected chi connectivity index (χ1v) is 7.79. The molecule has 0 bridgehead atoms. The SMILES string of the molecule is CC(=O)Nc1cc(NC(C)=O)cc(C(=O)O[C@H]2CCCCC2=O)c1. The molecule has 7 heteroatoms. The van der Waals surface area contributed by atoms with Gasteiger partial charge in [-0.15, -0.1) is 0 Å². The number of anilines is 2. The number of hydrogen-bond donors (Lipinski definition) is 2. The Kier molecular flexibility index (Phi) is 5.68. The molecule has 1 saturated carbocycles. The number of ketones is 1. The van der Waals surface area contributed by atoms with Crippen LogP contribution in [0.5, 0.6) is 0 Å². The molecule has 1 aromatic carbocycles. The average molecular weight is 332 g/mol. The number of Topliss-reactive ketones (excluding diaryl/α,β-unsaturated/α-hetero) is 1. The van der Waals surface area contributed by atoms with Gasteiger partial charge in [-0.25, -0.2) is 4.79 Å². The molecule has 0 unspecified atom stereocenters. The zero-order valence-electron chi connectivity index (χ0n) is 13.7. The highest BCUT2D eigenvalue weighted by atomic mass is 16.5. The zero-order valence-corrected chi connectivity index (χ0v) is 13.7. The lowest BCUT2D eigenvalue weighted by molar-refractivity contribution is -0.130. The van der Waals surface area contributed by atoms with E-state index < -0.39 is 12.1 Å². The predicted molar refractivity (Wildman–Crippen MR) is 87.7 cm³/mol. The van der Waals surface area contributed by atoms with Gasteiger partial charge in [0.2, 0.25) is 11.8 Å². The van der Waals surface area contributed by atoms with Gasteiger partial charge in [0, 0.05) is 31.6 Å². The van der Waals surface area contributed by atoms with E-state index in [4.69, 9.17) is 4.74 Å². The van der Waals surface area contributed by atoms with Crippen LogP contribution >= 0.6 is 0 Å².